The van der Waals surface area contributed by atoms with Crippen molar-refractivity contribution in [2.45, 2.75) is 4.43 Å². The van der Waals surface area contributed by atoms with Gasteiger partial charge in [-0.15, -0.1) is 0 Å². The molecule has 0 aliphatic carbocycles. The lowest BCUT2D eigenvalue weighted by molar-refractivity contribution is 0.880. The summed E-state index contributed by atoms with van der Waals surface area (Å²) in [6.45, 7) is 0. The van der Waals surface area contributed by atoms with Gasteiger partial charge >= 0.3 is 0 Å². The maximum Gasteiger partial charge on any atom is 0.0645 e. The monoisotopic (exact) mass is 284 g/mol. The summed E-state index contributed by atoms with van der Waals surface area (Å²) in [7, 11) is 0. The van der Waals surface area contributed by atoms with Gasteiger partial charge in [-0.05, 0) is 12.1 Å². The first kappa shape index (κ1) is 8.74. The molecule has 0 aliphatic heterocycles. The van der Waals surface area contributed by atoms with Crippen molar-refractivity contribution in [1.29, 1.82) is 0 Å². The van der Waals surface area contributed by atoms with E-state index in [1.807, 2.05) is 41.2 Å². The minimum Gasteiger partial charge on any atom is -0.241 e. The molecule has 2 nitrogen and oxygen atoms in total. The molecule has 0 radical (unpaired) electrons. The van der Waals surface area contributed by atoms with Gasteiger partial charge in [-0.3, -0.25) is 0 Å². The van der Waals surface area contributed by atoms with Crippen LogP contribution in [0.2, 0.25) is 0 Å². The predicted octanol–water partition coefficient (Wildman–Crippen LogP) is 2.81. The zero-order chi connectivity index (χ0) is 9.10. The van der Waals surface area contributed by atoms with Crippen molar-refractivity contribution in [2.75, 3.05) is 0 Å². The lowest BCUT2D eigenvalue weighted by Crippen LogP contribution is -1.92. The molecule has 0 aliphatic rings. The van der Waals surface area contributed by atoms with Gasteiger partial charge < -0.3 is 0 Å². The number of aromatic nitrogens is 2. The Labute approximate surface area is 90.7 Å². The zero-order valence-electron chi connectivity index (χ0n) is 7.02. The molecule has 0 unspecified atom stereocenters. The summed E-state index contributed by atoms with van der Waals surface area (Å²) in [5.41, 5.74) is 2.36. The Balaban J connectivity index is 2.36. The summed E-state index contributed by atoms with van der Waals surface area (Å²) in [6, 6.07) is 10.1. The SMILES string of the molecule is ICc1cnn(-c2ccccc2)c1. The van der Waals surface area contributed by atoms with Crippen molar-refractivity contribution in [1.82, 2.24) is 9.78 Å². The van der Waals surface area contributed by atoms with E-state index < -0.39 is 0 Å². The number of nitrogens with zero attached hydrogens (tertiary/aromatic N) is 2. The van der Waals surface area contributed by atoms with Crippen LogP contribution < -0.4 is 0 Å². The van der Waals surface area contributed by atoms with Crippen LogP contribution in [0, 0.1) is 0 Å². The fourth-order valence-electron chi connectivity index (χ4n) is 1.15. The molecular formula is C10H9IN2. The van der Waals surface area contributed by atoms with E-state index in [-0.39, 0.29) is 0 Å². The van der Waals surface area contributed by atoms with Gasteiger partial charge in [-0.25, -0.2) is 4.68 Å². The largest absolute Gasteiger partial charge is 0.241 e. The Bertz CT molecular complexity index is 381. The highest BCUT2D eigenvalue weighted by Gasteiger charge is 1.97. The summed E-state index contributed by atoms with van der Waals surface area (Å²) in [4.78, 5) is 0. The summed E-state index contributed by atoms with van der Waals surface area (Å²) < 4.78 is 2.90. The van der Waals surface area contributed by atoms with Crippen LogP contribution in [0.5, 0.6) is 0 Å². The number of halogens is 1. The number of hydrogen-bond acceptors (Lipinski definition) is 1. The van der Waals surface area contributed by atoms with Crippen molar-refractivity contribution >= 4 is 22.6 Å². The van der Waals surface area contributed by atoms with E-state index >= 15 is 0 Å². The van der Waals surface area contributed by atoms with E-state index in [9.17, 15) is 0 Å². The number of rotatable bonds is 2. The van der Waals surface area contributed by atoms with Crippen LogP contribution >= 0.6 is 22.6 Å². The molecule has 0 spiro atoms. The quantitative estimate of drug-likeness (QED) is 0.612. The van der Waals surface area contributed by atoms with Crippen molar-refractivity contribution in [3.05, 3.63) is 48.3 Å². The third kappa shape index (κ3) is 1.91. The van der Waals surface area contributed by atoms with Gasteiger partial charge in [-0.2, -0.15) is 5.10 Å². The van der Waals surface area contributed by atoms with Crippen molar-refractivity contribution in [3.63, 3.8) is 0 Å². The Kier molecular flexibility index (Phi) is 2.63. The van der Waals surface area contributed by atoms with E-state index in [1.165, 1.54) is 5.56 Å². The minimum absolute atomic E-state index is 1.00. The topological polar surface area (TPSA) is 17.8 Å². The van der Waals surface area contributed by atoms with Gasteiger partial charge in [0, 0.05) is 16.2 Å². The molecule has 0 saturated carbocycles. The lowest BCUT2D eigenvalue weighted by atomic mass is 10.3. The summed E-state index contributed by atoms with van der Waals surface area (Å²) in [5.74, 6) is 0. The maximum absolute atomic E-state index is 4.27. The van der Waals surface area contributed by atoms with Gasteiger partial charge in [-0.1, -0.05) is 40.8 Å². The summed E-state index contributed by atoms with van der Waals surface area (Å²) >= 11 is 2.33. The smallest absolute Gasteiger partial charge is 0.0645 e. The van der Waals surface area contributed by atoms with Gasteiger partial charge in [0.05, 0.1) is 11.9 Å². The normalized spacial score (nSPS) is 10.2. The second-order valence-corrected chi connectivity index (χ2v) is 3.53. The number of hydrogen-bond donors (Lipinski definition) is 0. The Morgan fingerprint density at radius 2 is 2.00 bits per heavy atom. The molecule has 66 valence electrons. The summed E-state index contributed by atoms with van der Waals surface area (Å²) in [6.07, 6.45) is 3.96. The standard InChI is InChI=1S/C10H9IN2/c11-6-9-7-12-13(8-9)10-4-2-1-3-5-10/h1-5,7-8H,6H2. The molecule has 1 aromatic heterocycles. The third-order valence-corrected chi connectivity index (χ3v) is 2.69. The van der Waals surface area contributed by atoms with Gasteiger partial charge in [0.15, 0.2) is 0 Å². The van der Waals surface area contributed by atoms with Crippen molar-refractivity contribution in [2.24, 2.45) is 0 Å². The van der Waals surface area contributed by atoms with E-state index in [0.29, 0.717) is 0 Å². The van der Waals surface area contributed by atoms with E-state index in [1.54, 1.807) is 0 Å². The fraction of sp³-hybridized carbons (Fsp3) is 0.100. The Morgan fingerprint density at radius 3 is 2.62 bits per heavy atom. The maximum atomic E-state index is 4.27. The van der Waals surface area contributed by atoms with Crippen LogP contribution in [-0.4, -0.2) is 9.78 Å². The van der Waals surface area contributed by atoms with E-state index in [0.717, 1.165) is 10.1 Å². The van der Waals surface area contributed by atoms with Crippen molar-refractivity contribution < 1.29 is 0 Å². The highest BCUT2D eigenvalue weighted by atomic mass is 127. The second kappa shape index (κ2) is 3.91. The number of benzene rings is 1. The Hall–Kier alpha value is -0.840. The first-order valence-corrected chi connectivity index (χ1v) is 5.57. The average Bonchev–Trinajstić information content (AvgIpc) is 2.67. The predicted molar refractivity (Wildman–Crippen MR) is 61.3 cm³/mol. The molecule has 0 saturated heterocycles. The molecule has 0 N–H and O–H groups in total. The second-order valence-electron chi connectivity index (χ2n) is 2.76. The summed E-state index contributed by atoms with van der Waals surface area (Å²) in [5, 5.41) is 4.27. The third-order valence-electron chi connectivity index (χ3n) is 1.81. The van der Waals surface area contributed by atoms with Crippen LogP contribution in [0.25, 0.3) is 5.69 Å². The molecular weight excluding hydrogens is 275 g/mol. The van der Waals surface area contributed by atoms with Crippen LogP contribution in [0.3, 0.4) is 0 Å². The number of alkyl halides is 1. The van der Waals surface area contributed by atoms with Gasteiger partial charge in [0.1, 0.15) is 0 Å². The van der Waals surface area contributed by atoms with Gasteiger partial charge in [0.25, 0.3) is 0 Å². The van der Waals surface area contributed by atoms with Crippen molar-refractivity contribution in [3.8, 4) is 5.69 Å². The first-order valence-electron chi connectivity index (χ1n) is 4.05. The average molecular weight is 284 g/mol. The molecule has 0 bridgehead atoms. The lowest BCUT2D eigenvalue weighted by Gasteiger charge is -1.98. The van der Waals surface area contributed by atoms with Crippen LogP contribution in [0.4, 0.5) is 0 Å². The first-order chi connectivity index (χ1) is 6.40. The fourth-order valence-corrected chi connectivity index (χ4v) is 1.54. The number of para-hydroxylation sites is 1. The Morgan fingerprint density at radius 1 is 1.23 bits per heavy atom. The molecule has 0 atom stereocenters. The van der Waals surface area contributed by atoms with Crippen LogP contribution in [0.1, 0.15) is 5.56 Å². The van der Waals surface area contributed by atoms with E-state index in [4.69, 9.17) is 0 Å². The molecule has 0 amide bonds. The molecule has 1 heterocycles. The van der Waals surface area contributed by atoms with Gasteiger partial charge in [0.2, 0.25) is 0 Å². The molecule has 3 heteroatoms. The molecule has 0 fully saturated rings. The highest BCUT2D eigenvalue weighted by molar-refractivity contribution is 14.1. The highest BCUT2D eigenvalue weighted by Crippen LogP contribution is 2.09. The molecule has 2 aromatic rings. The van der Waals surface area contributed by atoms with Crippen LogP contribution in [-0.2, 0) is 4.43 Å². The zero-order valence-corrected chi connectivity index (χ0v) is 9.18. The van der Waals surface area contributed by atoms with E-state index in [2.05, 4.69) is 33.9 Å². The molecule has 1 aromatic carbocycles. The minimum atomic E-state index is 1.00. The van der Waals surface area contributed by atoms with Crippen LogP contribution in [0.15, 0.2) is 42.7 Å². The molecule has 2 rings (SSSR count). The molecule has 13 heavy (non-hydrogen) atoms.